The summed E-state index contributed by atoms with van der Waals surface area (Å²) in [7, 11) is 0. The number of aryl methyl sites for hydroxylation is 1. The van der Waals surface area contributed by atoms with Crippen molar-refractivity contribution < 1.29 is 9.90 Å². The highest BCUT2D eigenvalue weighted by Crippen LogP contribution is 2.25. The van der Waals surface area contributed by atoms with Crippen LogP contribution in [0.2, 0.25) is 0 Å². The molecule has 0 aliphatic carbocycles. The van der Waals surface area contributed by atoms with E-state index < -0.39 is 5.97 Å². The van der Waals surface area contributed by atoms with Gasteiger partial charge in [0.1, 0.15) is 5.82 Å². The fourth-order valence-corrected chi connectivity index (χ4v) is 3.60. The second kappa shape index (κ2) is 9.90. The van der Waals surface area contributed by atoms with E-state index in [4.69, 9.17) is 10.1 Å². The number of benzene rings is 2. The van der Waals surface area contributed by atoms with Gasteiger partial charge in [0.05, 0.1) is 5.56 Å². The van der Waals surface area contributed by atoms with Crippen LogP contribution >= 0.6 is 0 Å². The largest absolute Gasteiger partial charge is 0.478 e. The second-order valence-corrected chi connectivity index (χ2v) is 9.11. The number of rotatable bonds is 9. The maximum Gasteiger partial charge on any atom is 0.336 e. The average Bonchev–Trinajstić information content (AvgIpc) is 3.15. The summed E-state index contributed by atoms with van der Waals surface area (Å²) in [4.78, 5) is 16.4. The van der Waals surface area contributed by atoms with Crippen molar-refractivity contribution in [2.75, 3.05) is 0 Å². The van der Waals surface area contributed by atoms with E-state index >= 15 is 0 Å². The monoisotopic (exact) mass is 419 g/mol. The molecule has 0 saturated heterocycles. The topological polar surface area (TPSA) is 68.0 Å². The Hall–Kier alpha value is -2.95. The molecule has 1 N–H and O–H groups in total. The molecule has 0 atom stereocenters. The number of carboxylic acid groups (broad SMARTS) is 1. The third-order valence-corrected chi connectivity index (χ3v) is 5.43. The van der Waals surface area contributed by atoms with E-state index in [1.807, 2.05) is 24.3 Å². The maximum absolute atomic E-state index is 11.5. The molecular formula is C26H33N3O2. The highest BCUT2D eigenvalue weighted by Gasteiger charge is 2.22. The lowest BCUT2D eigenvalue weighted by atomic mass is 9.96. The zero-order chi connectivity index (χ0) is 22.4. The first-order valence-electron chi connectivity index (χ1n) is 11.2. The molecule has 0 spiro atoms. The fraction of sp³-hybridized carbons (Fsp3) is 0.423. The highest BCUT2D eigenvalue weighted by molar-refractivity contribution is 5.95. The lowest BCUT2D eigenvalue weighted by molar-refractivity contribution is 0.0697. The molecule has 0 saturated carbocycles. The van der Waals surface area contributed by atoms with Gasteiger partial charge in [0.15, 0.2) is 5.82 Å². The fourth-order valence-electron chi connectivity index (χ4n) is 3.60. The van der Waals surface area contributed by atoms with Crippen LogP contribution < -0.4 is 0 Å². The minimum Gasteiger partial charge on any atom is -0.478 e. The van der Waals surface area contributed by atoms with Crippen molar-refractivity contribution in [2.45, 2.75) is 71.8 Å². The van der Waals surface area contributed by atoms with Gasteiger partial charge in [-0.25, -0.2) is 14.5 Å². The van der Waals surface area contributed by atoms with E-state index in [0.29, 0.717) is 12.0 Å². The summed E-state index contributed by atoms with van der Waals surface area (Å²) in [5.74, 6) is 0.954. The molecule has 0 radical (unpaired) electrons. The average molecular weight is 420 g/mol. The normalized spacial score (nSPS) is 11.6. The van der Waals surface area contributed by atoms with E-state index in [2.05, 4.69) is 44.5 Å². The van der Waals surface area contributed by atoms with Gasteiger partial charge in [0.2, 0.25) is 0 Å². The van der Waals surface area contributed by atoms with Gasteiger partial charge >= 0.3 is 5.97 Å². The van der Waals surface area contributed by atoms with Gasteiger partial charge in [-0.15, -0.1) is 0 Å². The lowest BCUT2D eigenvalue weighted by Gasteiger charge is -2.12. The van der Waals surface area contributed by atoms with Crippen LogP contribution in [0.5, 0.6) is 0 Å². The Kier molecular flexibility index (Phi) is 7.26. The van der Waals surface area contributed by atoms with Crippen molar-refractivity contribution in [3.63, 3.8) is 0 Å². The Bertz CT molecular complexity index is 1010. The van der Waals surface area contributed by atoms with Gasteiger partial charge in [-0.2, -0.15) is 5.10 Å². The van der Waals surface area contributed by atoms with E-state index in [-0.39, 0.29) is 5.41 Å². The Morgan fingerprint density at radius 1 is 1.00 bits per heavy atom. The van der Waals surface area contributed by atoms with Crippen molar-refractivity contribution in [2.24, 2.45) is 0 Å². The first-order chi connectivity index (χ1) is 14.8. The van der Waals surface area contributed by atoms with Gasteiger partial charge in [0, 0.05) is 18.4 Å². The van der Waals surface area contributed by atoms with Crippen LogP contribution in [0.15, 0.2) is 48.5 Å². The van der Waals surface area contributed by atoms with Gasteiger partial charge in [0.25, 0.3) is 0 Å². The molecule has 0 bridgehead atoms. The summed E-state index contributed by atoms with van der Waals surface area (Å²) in [6, 6.07) is 15.2. The molecule has 0 aliphatic heterocycles. The number of unbranched alkanes of at least 4 members (excludes halogenated alkanes) is 3. The van der Waals surface area contributed by atoms with Crippen LogP contribution in [0.3, 0.4) is 0 Å². The molecule has 0 fully saturated rings. The summed E-state index contributed by atoms with van der Waals surface area (Å²) in [6.45, 7) is 9.53. The number of carboxylic acids is 1. The van der Waals surface area contributed by atoms with Crippen LogP contribution in [0.25, 0.3) is 11.1 Å². The van der Waals surface area contributed by atoms with Crippen molar-refractivity contribution in [1.82, 2.24) is 14.8 Å². The smallest absolute Gasteiger partial charge is 0.336 e. The van der Waals surface area contributed by atoms with E-state index in [1.165, 1.54) is 19.3 Å². The Morgan fingerprint density at radius 2 is 1.71 bits per heavy atom. The second-order valence-electron chi connectivity index (χ2n) is 9.11. The molecule has 3 rings (SSSR count). The molecule has 0 amide bonds. The summed E-state index contributed by atoms with van der Waals surface area (Å²) >= 11 is 0. The number of aromatic carboxylic acids is 1. The third kappa shape index (κ3) is 5.81. The minimum atomic E-state index is -0.912. The molecule has 164 valence electrons. The Balaban J connectivity index is 1.82. The van der Waals surface area contributed by atoms with Gasteiger partial charge < -0.3 is 5.11 Å². The molecular weight excluding hydrogens is 386 g/mol. The van der Waals surface area contributed by atoms with Crippen LogP contribution in [-0.2, 0) is 18.4 Å². The van der Waals surface area contributed by atoms with Crippen molar-refractivity contribution in [1.29, 1.82) is 0 Å². The highest BCUT2D eigenvalue weighted by atomic mass is 16.4. The molecule has 0 unspecified atom stereocenters. The number of nitrogens with zero attached hydrogens (tertiary/aromatic N) is 3. The standard InChI is InChI=1S/C26H33N3O2/c1-5-6-7-10-17-29-23(27-25(28-29)26(2,3)4)18-19-13-15-20(16-14-19)21-11-8-9-12-22(21)24(30)31/h8-9,11-16H,5-7,10,17-18H2,1-4H3,(H,30,31). The molecule has 5 nitrogen and oxygen atoms in total. The molecule has 1 heterocycles. The lowest BCUT2D eigenvalue weighted by Crippen LogP contribution is -2.14. The summed E-state index contributed by atoms with van der Waals surface area (Å²) in [5, 5.41) is 14.3. The minimum absolute atomic E-state index is 0.0895. The van der Waals surface area contributed by atoms with Crippen LogP contribution in [0.1, 0.15) is 80.9 Å². The molecule has 31 heavy (non-hydrogen) atoms. The van der Waals surface area contributed by atoms with Gasteiger partial charge in [-0.3, -0.25) is 0 Å². The third-order valence-electron chi connectivity index (χ3n) is 5.43. The Labute approximate surface area is 185 Å². The summed E-state index contributed by atoms with van der Waals surface area (Å²) < 4.78 is 2.07. The van der Waals surface area contributed by atoms with E-state index in [9.17, 15) is 9.90 Å². The first-order valence-corrected chi connectivity index (χ1v) is 11.2. The van der Waals surface area contributed by atoms with Crippen LogP contribution in [-0.4, -0.2) is 25.8 Å². The van der Waals surface area contributed by atoms with Crippen LogP contribution in [0.4, 0.5) is 0 Å². The SMILES string of the molecule is CCCCCCn1nc(C(C)(C)C)nc1Cc1ccc(-c2ccccc2C(=O)O)cc1. The van der Waals surface area contributed by atoms with Crippen molar-refractivity contribution in [3.05, 3.63) is 71.3 Å². The number of hydrogen-bond acceptors (Lipinski definition) is 3. The number of aromatic nitrogens is 3. The molecule has 1 aromatic heterocycles. The summed E-state index contributed by atoms with van der Waals surface area (Å²) in [6.07, 6.45) is 5.49. The quantitative estimate of drug-likeness (QED) is 0.425. The first kappa shape index (κ1) is 22.7. The molecule has 3 aromatic rings. The zero-order valence-electron chi connectivity index (χ0n) is 19.1. The zero-order valence-corrected chi connectivity index (χ0v) is 19.1. The van der Waals surface area contributed by atoms with Gasteiger partial charge in [-0.1, -0.05) is 89.4 Å². The predicted molar refractivity (Wildman–Crippen MR) is 125 cm³/mol. The number of carbonyl (C=O) groups is 1. The maximum atomic E-state index is 11.5. The van der Waals surface area contributed by atoms with Gasteiger partial charge in [-0.05, 0) is 29.2 Å². The Morgan fingerprint density at radius 3 is 2.35 bits per heavy atom. The number of hydrogen-bond donors (Lipinski definition) is 1. The van der Waals surface area contributed by atoms with E-state index in [0.717, 1.165) is 41.3 Å². The van der Waals surface area contributed by atoms with Crippen LogP contribution in [0, 0.1) is 0 Å². The molecule has 0 aliphatic rings. The molecule has 5 heteroatoms. The van der Waals surface area contributed by atoms with Crippen molar-refractivity contribution in [3.8, 4) is 11.1 Å². The van der Waals surface area contributed by atoms with E-state index in [1.54, 1.807) is 12.1 Å². The molecule has 2 aromatic carbocycles. The summed E-state index contributed by atoms with van der Waals surface area (Å²) in [5.41, 5.74) is 3.00. The van der Waals surface area contributed by atoms with Crippen molar-refractivity contribution >= 4 is 5.97 Å². The predicted octanol–water partition coefficient (Wildman–Crippen LogP) is 6.11.